The van der Waals surface area contributed by atoms with Gasteiger partial charge >= 0.3 is 18.1 Å². The number of ketones is 3. The van der Waals surface area contributed by atoms with Crippen molar-refractivity contribution in [3.05, 3.63) is 0 Å². The number of hydrogen-bond donors (Lipinski definition) is 3. The van der Waals surface area contributed by atoms with Gasteiger partial charge in [0.2, 0.25) is 0 Å². The predicted molar refractivity (Wildman–Crippen MR) is 359 cm³/mol. The number of Topliss-reactive ketones (excluding diaryl/α,β-unsaturated/α-hetero) is 3. The highest BCUT2D eigenvalue weighted by atomic mass is 32.2. The molecule has 0 unspecified atom stereocenters. The van der Waals surface area contributed by atoms with E-state index in [0.717, 1.165) is 58.2 Å². The fourth-order valence-electron chi connectivity index (χ4n) is 8.99. The molecule has 0 rings (SSSR count). The van der Waals surface area contributed by atoms with E-state index in [9.17, 15) is 28.8 Å². The first kappa shape index (κ1) is 83.1. The van der Waals surface area contributed by atoms with Crippen LogP contribution in [0.3, 0.4) is 0 Å². The van der Waals surface area contributed by atoms with Crippen LogP contribution in [-0.2, 0) is 14.4 Å². The van der Waals surface area contributed by atoms with E-state index in [-0.39, 0.29) is 35.4 Å². The Hall–Kier alpha value is -2.13. The van der Waals surface area contributed by atoms with Gasteiger partial charge in [0.1, 0.15) is 0 Å². The Bertz CT molecular complexity index is 1790. The Morgan fingerprint density at radius 2 is 0.432 bits per heavy atom. The van der Waals surface area contributed by atoms with E-state index in [4.69, 9.17) is 0 Å². The number of nitrogens with one attached hydrogen (secondary N) is 3. The van der Waals surface area contributed by atoms with Gasteiger partial charge in [-0.05, 0) is 97.3 Å². The molecule has 0 fully saturated rings. The Morgan fingerprint density at radius 3 is 0.593 bits per heavy atom. The first-order chi connectivity index (χ1) is 36.5. The van der Waals surface area contributed by atoms with E-state index in [2.05, 4.69) is 90.0 Å². The molecule has 12 nitrogen and oxygen atoms in total. The standard InChI is InChI=1S/C23H46N2O2S.C22H44N2O2S.C21H42N2O2S/c1-21(2,3)19(26)23(7,8)24-20(27)25(9)17-15-13-11-10-12-14-16-18-28-22(4,5)6;1-20(2,3)18(25)22(7,8)23-19(26)24(9)16-14-12-10-11-13-15-17-27-21(4,5)6;1-19(2,3)17(24)21(7,8)22-18(25)23(9)15-13-11-10-12-14-16-26-20(4,5)6/h10-18H2,1-9H3,(H,24,27);10-17H2,1-9H3,(H,23,26);10-16H2,1-9H3,(H,22,25). The lowest BCUT2D eigenvalue weighted by Gasteiger charge is -2.33. The summed E-state index contributed by atoms with van der Waals surface area (Å²) in [7, 11) is 5.41. The fraction of sp³-hybridized carbons (Fsp3) is 0.909. The van der Waals surface area contributed by atoms with Gasteiger partial charge in [0.05, 0.1) is 16.6 Å². The molecule has 0 aromatic carbocycles. The molecule has 0 aliphatic carbocycles. The third-order valence-electron chi connectivity index (χ3n) is 13.3. The number of rotatable bonds is 33. The molecule has 0 aliphatic heterocycles. The van der Waals surface area contributed by atoms with Crippen LogP contribution in [0.15, 0.2) is 0 Å². The minimum Gasteiger partial charge on any atom is -0.328 e. The summed E-state index contributed by atoms with van der Waals surface area (Å²) in [4.78, 5) is 79.6. The highest BCUT2D eigenvalue weighted by molar-refractivity contribution is 8.01. The lowest BCUT2D eigenvalue weighted by atomic mass is 9.80. The van der Waals surface area contributed by atoms with Crippen molar-refractivity contribution in [3.8, 4) is 0 Å². The van der Waals surface area contributed by atoms with E-state index in [0.29, 0.717) is 14.2 Å². The Kier molecular flexibility index (Phi) is 39.8. The van der Waals surface area contributed by atoms with E-state index in [1.165, 1.54) is 94.3 Å². The van der Waals surface area contributed by atoms with Crippen LogP contribution >= 0.6 is 35.3 Å². The maximum atomic E-state index is 12.5. The highest BCUT2D eigenvalue weighted by Crippen LogP contribution is 2.28. The van der Waals surface area contributed by atoms with Crippen molar-refractivity contribution in [1.29, 1.82) is 0 Å². The molecule has 0 aromatic rings. The second-order valence-electron chi connectivity index (χ2n) is 30.4. The number of thioether (sulfide) groups is 3. The van der Waals surface area contributed by atoms with Gasteiger partial charge in [-0.15, -0.1) is 0 Å². The molecule has 81 heavy (non-hydrogen) atoms. The molecule has 0 spiro atoms. The third kappa shape index (κ3) is 44.9. The van der Waals surface area contributed by atoms with Crippen molar-refractivity contribution >= 4 is 70.7 Å². The van der Waals surface area contributed by atoms with Crippen molar-refractivity contribution in [1.82, 2.24) is 30.7 Å². The van der Waals surface area contributed by atoms with Crippen LogP contribution < -0.4 is 16.0 Å². The summed E-state index contributed by atoms with van der Waals surface area (Å²) in [5.74, 6) is 3.86. The molecular weight excluding hydrogens is 1070 g/mol. The van der Waals surface area contributed by atoms with Gasteiger partial charge < -0.3 is 30.7 Å². The van der Waals surface area contributed by atoms with Crippen LogP contribution in [-0.4, -0.2) is 139 Å². The van der Waals surface area contributed by atoms with Gasteiger partial charge in [0.15, 0.2) is 17.3 Å². The summed E-state index contributed by atoms with van der Waals surface area (Å²) in [6.45, 7) is 50.2. The molecule has 15 heteroatoms. The molecule has 0 atom stereocenters. The topological polar surface area (TPSA) is 148 Å². The minimum atomic E-state index is -0.853. The quantitative estimate of drug-likeness (QED) is 0.0546. The molecule has 480 valence electrons. The average molecular weight is 1200 g/mol. The molecule has 0 heterocycles. The van der Waals surface area contributed by atoms with Crippen LogP contribution in [0.4, 0.5) is 14.4 Å². The summed E-state index contributed by atoms with van der Waals surface area (Å²) in [6, 6.07) is -0.509. The van der Waals surface area contributed by atoms with Gasteiger partial charge in [-0.1, -0.05) is 202 Å². The minimum absolute atomic E-state index is 0.0416. The first-order valence-corrected chi connectivity index (χ1v) is 34.1. The summed E-state index contributed by atoms with van der Waals surface area (Å²) in [5, 5.41) is 8.65. The molecule has 0 aromatic heterocycles. The Labute approximate surface area is 514 Å². The zero-order valence-corrected chi connectivity index (χ0v) is 60.4. The van der Waals surface area contributed by atoms with Crippen LogP contribution in [0.2, 0.25) is 0 Å². The monoisotopic (exact) mass is 1200 g/mol. The third-order valence-corrected chi connectivity index (χ3v) is 17.4. The lowest BCUT2D eigenvalue weighted by Crippen LogP contribution is -2.56. The predicted octanol–water partition coefficient (Wildman–Crippen LogP) is 17.7. The molecule has 6 amide bonds. The number of hydrogen-bond acceptors (Lipinski definition) is 9. The first-order valence-electron chi connectivity index (χ1n) is 31.2. The van der Waals surface area contributed by atoms with E-state index < -0.39 is 32.9 Å². The van der Waals surface area contributed by atoms with Crippen LogP contribution in [0.25, 0.3) is 0 Å². The maximum absolute atomic E-state index is 12.5. The normalized spacial score (nSPS) is 12.8. The van der Waals surface area contributed by atoms with Crippen LogP contribution in [0, 0.1) is 16.2 Å². The molecule has 3 N–H and O–H groups in total. The van der Waals surface area contributed by atoms with Crippen molar-refractivity contribution < 1.29 is 28.8 Å². The van der Waals surface area contributed by atoms with Crippen LogP contribution in [0.5, 0.6) is 0 Å². The second-order valence-corrected chi connectivity index (χ2v) is 36.2. The maximum Gasteiger partial charge on any atom is 0.317 e. The largest absolute Gasteiger partial charge is 0.328 e. The van der Waals surface area contributed by atoms with Crippen molar-refractivity contribution in [3.63, 3.8) is 0 Å². The molecule has 0 saturated carbocycles. The zero-order chi connectivity index (χ0) is 63.9. The van der Waals surface area contributed by atoms with E-state index >= 15 is 0 Å². The van der Waals surface area contributed by atoms with Gasteiger partial charge in [0, 0.05) is 71.3 Å². The summed E-state index contributed by atoms with van der Waals surface area (Å²) >= 11 is 6.12. The molecule has 0 aliphatic rings. The number of unbranched alkanes of at least 4 members (excludes halogenated alkanes) is 15. The average Bonchev–Trinajstić information content (AvgIpc) is 3.29. The van der Waals surface area contributed by atoms with Crippen molar-refractivity contribution in [2.24, 2.45) is 16.2 Å². The van der Waals surface area contributed by atoms with Gasteiger partial charge in [-0.3, -0.25) is 14.4 Å². The van der Waals surface area contributed by atoms with Gasteiger partial charge in [-0.2, -0.15) is 35.3 Å². The Morgan fingerprint density at radius 1 is 0.272 bits per heavy atom. The van der Waals surface area contributed by atoms with Crippen molar-refractivity contribution in [2.45, 2.75) is 313 Å². The SMILES string of the molecule is CN(CCCCCCCCCSC(C)(C)C)C(=O)NC(C)(C)C(=O)C(C)(C)C.CN(CCCCCCCCSC(C)(C)C)C(=O)NC(C)(C)C(=O)C(C)(C)C.CN(CCCCCCCSC(C)(C)C)C(=O)NC(C)(C)C(=O)C(C)(C)C. The highest BCUT2D eigenvalue weighted by Gasteiger charge is 2.40. The summed E-state index contributed by atoms with van der Waals surface area (Å²) in [6.07, 6.45) is 21.7. The number of carbonyl (C=O) groups excluding carboxylic acids is 6. The number of urea groups is 3. The molecule has 0 saturated heterocycles. The number of carbonyl (C=O) groups is 6. The summed E-state index contributed by atoms with van der Waals surface area (Å²) in [5.41, 5.74) is -3.97. The van der Waals surface area contributed by atoms with Gasteiger partial charge in [-0.25, -0.2) is 14.4 Å². The number of nitrogens with zero attached hydrogens (tertiary/aromatic N) is 3. The summed E-state index contributed by atoms with van der Waals surface area (Å²) < 4.78 is 1.11. The zero-order valence-electron chi connectivity index (χ0n) is 58.0. The Balaban J connectivity index is -0.00000113. The lowest BCUT2D eigenvalue weighted by molar-refractivity contribution is -0.132. The van der Waals surface area contributed by atoms with Crippen LogP contribution in [0.1, 0.15) is 282 Å². The molecular formula is C66H132N6O6S3. The second kappa shape index (κ2) is 38.8. The van der Waals surface area contributed by atoms with Gasteiger partial charge in [0.25, 0.3) is 0 Å². The van der Waals surface area contributed by atoms with Crippen molar-refractivity contribution in [2.75, 3.05) is 58.0 Å². The number of amides is 6. The molecule has 0 radical (unpaired) electrons. The smallest absolute Gasteiger partial charge is 0.317 e. The fourth-order valence-corrected chi connectivity index (χ4v) is 11.9. The van der Waals surface area contributed by atoms with E-state index in [1.807, 2.05) is 85.8 Å². The molecule has 0 bridgehead atoms. The van der Waals surface area contributed by atoms with E-state index in [1.54, 1.807) is 77.4 Å².